The van der Waals surface area contributed by atoms with Crippen LogP contribution in [-0.4, -0.2) is 58.8 Å². The van der Waals surface area contributed by atoms with Gasteiger partial charge in [0.2, 0.25) is 5.91 Å². The Bertz CT molecular complexity index is 838. The SMILES string of the molecule is CN(CCC(=O)N1CCC[C@H]1c1nnc2n1CCNCC2)c1cccc(F)c1. The first-order valence-electron chi connectivity index (χ1n) is 10.0. The number of anilines is 1. The van der Waals surface area contributed by atoms with Crippen LogP contribution in [0, 0.1) is 5.82 Å². The second-order valence-electron chi connectivity index (χ2n) is 7.52. The van der Waals surface area contributed by atoms with Gasteiger partial charge in [-0.1, -0.05) is 6.07 Å². The number of hydrogen-bond donors (Lipinski definition) is 1. The molecule has 0 unspecified atom stereocenters. The van der Waals surface area contributed by atoms with Gasteiger partial charge < -0.3 is 19.7 Å². The predicted octanol–water partition coefficient (Wildman–Crippen LogP) is 1.75. The van der Waals surface area contributed by atoms with E-state index in [1.165, 1.54) is 12.1 Å². The van der Waals surface area contributed by atoms with Gasteiger partial charge >= 0.3 is 0 Å². The number of likely N-dealkylation sites (tertiary alicyclic amines) is 1. The highest BCUT2D eigenvalue weighted by atomic mass is 19.1. The Labute approximate surface area is 164 Å². The van der Waals surface area contributed by atoms with E-state index in [9.17, 15) is 9.18 Å². The second-order valence-corrected chi connectivity index (χ2v) is 7.52. The molecule has 1 amide bonds. The van der Waals surface area contributed by atoms with Crippen LogP contribution < -0.4 is 10.2 Å². The number of rotatable bonds is 5. The molecule has 0 spiro atoms. The van der Waals surface area contributed by atoms with Crippen molar-refractivity contribution >= 4 is 11.6 Å². The van der Waals surface area contributed by atoms with Gasteiger partial charge in [-0.05, 0) is 31.0 Å². The number of benzene rings is 1. The number of aromatic nitrogens is 3. The molecule has 0 bridgehead atoms. The van der Waals surface area contributed by atoms with Crippen LogP contribution in [0.1, 0.15) is 37.0 Å². The van der Waals surface area contributed by atoms with E-state index in [1.807, 2.05) is 22.9 Å². The molecule has 150 valence electrons. The van der Waals surface area contributed by atoms with Gasteiger partial charge in [0.25, 0.3) is 0 Å². The number of amides is 1. The molecule has 28 heavy (non-hydrogen) atoms. The lowest BCUT2D eigenvalue weighted by atomic mass is 10.2. The van der Waals surface area contributed by atoms with Gasteiger partial charge in [0.15, 0.2) is 5.82 Å². The van der Waals surface area contributed by atoms with Crippen molar-refractivity contribution in [3.63, 3.8) is 0 Å². The smallest absolute Gasteiger partial charge is 0.224 e. The first-order chi connectivity index (χ1) is 13.6. The monoisotopic (exact) mass is 386 g/mol. The fourth-order valence-corrected chi connectivity index (χ4v) is 4.12. The van der Waals surface area contributed by atoms with Crippen LogP contribution in [0.3, 0.4) is 0 Å². The number of carbonyl (C=O) groups excluding carboxylic acids is 1. The Balaban J connectivity index is 1.42. The summed E-state index contributed by atoms with van der Waals surface area (Å²) in [4.78, 5) is 16.8. The van der Waals surface area contributed by atoms with Crippen molar-refractivity contribution < 1.29 is 9.18 Å². The lowest BCUT2D eigenvalue weighted by Gasteiger charge is -2.26. The summed E-state index contributed by atoms with van der Waals surface area (Å²) in [5, 5.41) is 12.2. The van der Waals surface area contributed by atoms with Crippen molar-refractivity contribution in [1.29, 1.82) is 0 Å². The van der Waals surface area contributed by atoms with Gasteiger partial charge in [0.05, 0.1) is 6.04 Å². The summed E-state index contributed by atoms with van der Waals surface area (Å²) in [7, 11) is 1.88. The minimum absolute atomic E-state index is 0.00586. The van der Waals surface area contributed by atoms with E-state index in [1.54, 1.807) is 6.07 Å². The maximum absolute atomic E-state index is 13.4. The average molecular weight is 386 g/mol. The normalized spacial score (nSPS) is 19.4. The third-order valence-corrected chi connectivity index (χ3v) is 5.67. The van der Waals surface area contributed by atoms with E-state index in [2.05, 4.69) is 20.1 Å². The quantitative estimate of drug-likeness (QED) is 0.848. The molecule has 1 aromatic carbocycles. The van der Waals surface area contributed by atoms with Crippen LogP contribution in [-0.2, 0) is 17.8 Å². The average Bonchev–Trinajstić information content (AvgIpc) is 3.26. The summed E-state index contributed by atoms with van der Waals surface area (Å²) in [5.74, 6) is 1.78. The minimum atomic E-state index is -0.266. The molecule has 1 atom stereocenters. The molecule has 0 aliphatic carbocycles. The van der Waals surface area contributed by atoms with Crippen LogP contribution >= 0.6 is 0 Å². The molecular weight excluding hydrogens is 359 g/mol. The molecule has 1 aromatic heterocycles. The molecule has 8 heteroatoms. The van der Waals surface area contributed by atoms with Gasteiger partial charge in [-0.3, -0.25) is 4.79 Å². The van der Waals surface area contributed by atoms with Gasteiger partial charge in [-0.2, -0.15) is 0 Å². The Morgan fingerprint density at radius 1 is 1.32 bits per heavy atom. The van der Waals surface area contributed by atoms with E-state index < -0.39 is 0 Å². The fraction of sp³-hybridized carbons (Fsp3) is 0.550. The van der Waals surface area contributed by atoms with Gasteiger partial charge in [0.1, 0.15) is 11.6 Å². The van der Waals surface area contributed by atoms with E-state index in [0.29, 0.717) is 13.0 Å². The number of nitrogens with zero attached hydrogens (tertiary/aromatic N) is 5. The molecule has 2 aliphatic rings. The van der Waals surface area contributed by atoms with Crippen molar-refractivity contribution in [3.8, 4) is 0 Å². The first kappa shape index (κ1) is 18.9. The number of nitrogens with one attached hydrogen (secondary N) is 1. The molecule has 0 saturated carbocycles. The highest BCUT2D eigenvalue weighted by molar-refractivity contribution is 5.77. The minimum Gasteiger partial charge on any atom is -0.374 e. The number of fused-ring (bicyclic) bond motifs is 1. The molecule has 1 N–H and O–H groups in total. The molecule has 2 aliphatic heterocycles. The summed E-state index contributed by atoms with van der Waals surface area (Å²) in [5.41, 5.74) is 0.779. The summed E-state index contributed by atoms with van der Waals surface area (Å²) in [6, 6.07) is 6.46. The van der Waals surface area contributed by atoms with Crippen LogP contribution in [0.25, 0.3) is 0 Å². The molecular formula is C20H27FN6O. The summed E-state index contributed by atoms with van der Waals surface area (Å²) >= 11 is 0. The molecule has 3 heterocycles. The zero-order chi connectivity index (χ0) is 19.5. The van der Waals surface area contributed by atoms with Crippen molar-refractivity contribution in [2.45, 2.75) is 38.3 Å². The predicted molar refractivity (Wildman–Crippen MR) is 105 cm³/mol. The molecule has 2 aromatic rings. The zero-order valence-electron chi connectivity index (χ0n) is 16.3. The van der Waals surface area contributed by atoms with Crippen molar-refractivity contribution in [2.75, 3.05) is 38.1 Å². The summed E-state index contributed by atoms with van der Waals surface area (Å²) < 4.78 is 15.6. The van der Waals surface area contributed by atoms with E-state index >= 15 is 0 Å². The van der Waals surface area contributed by atoms with Crippen LogP contribution in [0.4, 0.5) is 10.1 Å². The van der Waals surface area contributed by atoms with E-state index in [-0.39, 0.29) is 17.8 Å². The highest BCUT2D eigenvalue weighted by Crippen LogP contribution is 2.32. The van der Waals surface area contributed by atoms with Gasteiger partial charge in [-0.25, -0.2) is 4.39 Å². The second kappa shape index (κ2) is 8.26. The van der Waals surface area contributed by atoms with E-state index in [4.69, 9.17) is 0 Å². The maximum Gasteiger partial charge on any atom is 0.224 e. The number of hydrogen-bond acceptors (Lipinski definition) is 5. The number of halogens is 1. The lowest BCUT2D eigenvalue weighted by molar-refractivity contribution is -0.132. The van der Waals surface area contributed by atoms with Gasteiger partial charge in [0, 0.05) is 58.3 Å². The molecule has 1 saturated heterocycles. The molecule has 7 nitrogen and oxygen atoms in total. The van der Waals surface area contributed by atoms with Crippen LogP contribution in [0.2, 0.25) is 0 Å². The third kappa shape index (κ3) is 3.87. The Morgan fingerprint density at radius 3 is 3.07 bits per heavy atom. The highest BCUT2D eigenvalue weighted by Gasteiger charge is 2.34. The zero-order valence-corrected chi connectivity index (χ0v) is 16.3. The van der Waals surface area contributed by atoms with Crippen LogP contribution in [0.15, 0.2) is 24.3 Å². The Kier molecular flexibility index (Phi) is 5.57. The Hall–Kier alpha value is -2.48. The van der Waals surface area contributed by atoms with E-state index in [0.717, 1.165) is 62.8 Å². The van der Waals surface area contributed by atoms with Crippen molar-refractivity contribution in [2.24, 2.45) is 0 Å². The Morgan fingerprint density at radius 2 is 2.21 bits per heavy atom. The first-order valence-corrected chi connectivity index (χ1v) is 10.0. The fourth-order valence-electron chi connectivity index (χ4n) is 4.12. The summed E-state index contributed by atoms with van der Waals surface area (Å²) in [6.07, 6.45) is 3.17. The van der Waals surface area contributed by atoms with Crippen molar-refractivity contribution in [3.05, 3.63) is 41.7 Å². The topological polar surface area (TPSA) is 66.3 Å². The standard InChI is InChI=1S/C20H27FN6O/c1-25(16-5-2-4-15(21)14-16)12-8-19(28)26-11-3-6-17(26)20-24-23-18-7-9-22-10-13-27(18)20/h2,4-5,14,17,22H,3,6-13H2,1H3/t17-/m0/s1. The molecule has 4 rings (SSSR count). The van der Waals surface area contributed by atoms with Crippen LogP contribution in [0.5, 0.6) is 0 Å². The maximum atomic E-state index is 13.4. The third-order valence-electron chi connectivity index (χ3n) is 5.67. The van der Waals surface area contributed by atoms with Crippen molar-refractivity contribution in [1.82, 2.24) is 25.0 Å². The molecule has 0 radical (unpaired) electrons. The molecule has 1 fully saturated rings. The summed E-state index contributed by atoms with van der Waals surface area (Å²) in [6.45, 7) is 3.97. The van der Waals surface area contributed by atoms with Gasteiger partial charge in [-0.15, -0.1) is 10.2 Å². The lowest BCUT2D eigenvalue weighted by Crippen LogP contribution is -2.34. The number of carbonyl (C=O) groups is 1. The largest absolute Gasteiger partial charge is 0.374 e.